The molecule has 1 aromatic carbocycles. The van der Waals surface area contributed by atoms with Crippen LogP contribution in [0.3, 0.4) is 0 Å². The van der Waals surface area contributed by atoms with E-state index in [-0.39, 0.29) is 6.42 Å². The second-order valence-electron chi connectivity index (χ2n) is 4.48. The van der Waals surface area contributed by atoms with Crippen LogP contribution < -0.4 is 5.32 Å². The van der Waals surface area contributed by atoms with E-state index in [2.05, 4.69) is 12.2 Å². The Morgan fingerprint density at radius 2 is 2.00 bits per heavy atom. The van der Waals surface area contributed by atoms with Gasteiger partial charge in [-0.25, -0.2) is 0 Å². The monoisotopic (exact) mass is 265 g/mol. The molecule has 2 N–H and O–H groups in total. The van der Waals surface area contributed by atoms with Crippen molar-refractivity contribution in [1.82, 2.24) is 5.32 Å². The molecule has 1 aromatic rings. The number of hydrogen-bond donors (Lipinski definition) is 2. The minimum Gasteiger partial charge on any atom is -0.481 e. The maximum Gasteiger partial charge on any atom is 0.307 e. The first-order valence-corrected chi connectivity index (χ1v) is 6.81. The summed E-state index contributed by atoms with van der Waals surface area (Å²) in [7, 11) is 0. The summed E-state index contributed by atoms with van der Waals surface area (Å²) >= 11 is 0. The average Bonchev–Trinajstić information content (AvgIpc) is 2.39. The van der Waals surface area contributed by atoms with Crippen LogP contribution in [-0.2, 0) is 22.5 Å². The lowest BCUT2D eigenvalue weighted by molar-refractivity contribution is -0.136. The number of aliphatic carboxylic acids is 1. The Morgan fingerprint density at radius 1 is 1.26 bits per heavy atom. The number of carbonyl (C=O) groups is 1. The minimum atomic E-state index is -0.791. The van der Waals surface area contributed by atoms with Gasteiger partial charge in [0.05, 0.1) is 6.42 Å². The highest BCUT2D eigenvalue weighted by Crippen LogP contribution is 2.09. The van der Waals surface area contributed by atoms with Gasteiger partial charge in [-0.1, -0.05) is 31.2 Å². The van der Waals surface area contributed by atoms with Crippen LogP contribution in [0.5, 0.6) is 0 Å². The van der Waals surface area contributed by atoms with Crippen LogP contribution in [0, 0.1) is 0 Å². The van der Waals surface area contributed by atoms with Gasteiger partial charge in [-0.2, -0.15) is 0 Å². The first kappa shape index (κ1) is 15.7. The van der Waals surface area contributed by atoms with Crippen molar-refractivity contribution in [1.29, 1.82) is 0 Å². The number of ether oxygens (including phenoxy) is 1. The van der Waals surface area contributed by atoms with Crippen LogP contribution in [0.1, 0.15) is 30.9 Å². The number of nitrogens with one attached hydrogen (secondary N) is 1. The molecule has 0 aliphatic rings. The molecule has 0 amide bonds. The zero-order valence-corrected chi connectivity index (χ0v) is 11.5. The summed E-state index contributed by atoms with van der Waals surface area (Å²) in [6, 6.07) is 7.65. The molecule has 0 saturated heterocycles. The Hall–Kier alpha value is -1.39. The van der Waals surface area contributed by atoms with Crippen molar-refractivity contribution in [3.63, 3.8) is 0 Å². The molecule has 0 fully saturated rings. The molecular weight excluding hydrogens is 242 g/mol. The van der Waals surface area contributed by atoms with Gasteiger partial charge in [0, 0.05) is 19.8 Å². The fourth-order valence-electron chi connectivity index (χ4n) is 1.83. The molecule has 0 aliphatic heterocycles. The van der Waals surface area contributed by atoms with E-state index in [1.54, 1.807) is 0 Å². The molecule has 0 aromatic heterocycles. The van der Waals surface area contributed by atoms with Crippen molar-refractivity contribution in [2.75, 3.05) is 19.8 Å². The fraction of sp³-hybridized carbons (Fsp3) is 0.533. The summed E-state index contributed by atoms with van der Waals surface area (Å²) < 4.78 is 5.39. The Morgan fingerprint density at radius 3 is 2.68 bits per heavy atom. The summed E-state index contributed by atoms with van der Waals surface area (Å²) in [4.78, 5) is 10.8. The summed E-state index contributed by atoms with van der Waals surface area (Å²) in [5.74, 6) is -0.791. The molecule has 0 unspecified atom stereocenters. The lowest BCUT2D eigenvalue weighted by Crippen LogP contribution is -2.18. The Kier molecular flexibility index (Phi) is 7.86. The standard InChI is InChI=1S/C15H23NO3/c1-2-9-19-10-5-8-16-12-14-7-4-3-6-13(14)11-15(17)18/h3-4,6-7,16H,2,5,8-12H2,1H3,(H,17,18). The number of carboxylic acids is 1. The van der Waals surface area contributed by atoms with Crippen molar-refractivity contribution in [2.24, 2.45) is 0 Å². The molecule has 0 bridgehead atoms. The molecule has 4 heteroatoms. The third kappa shape index (κ3) is 6.94. The third-order valence-corrected chi connectivity index (χ3v) is 2.77. The number of hydrogen-bond acceptors (Lipinski definition) is 3. The Labute approximate surface area is 114 Å². The smallest absolute Gasteiger partial charge is 0.307 e. The lowest BCUT2D eigenvalue weighted by atomic mass is 10.0. The molecule has 0 saturated carbocycles. The van der Waals surface area contributed by atoms with E-state index in [0.29, 0.717) is 6.54 Å². The van der Waals surface area contributed by atoms with Crippen LogP contribution >= 0.6 is 0 Å². The first-order chi connectivity index (χ1) is 9.24. The largest absolute Gasteiger partial charge is 0.481 e. The van der Waals surface area contributed by atoms with Crippen LogP contribution in [0.2, 0.25) is 0 Å². The normalized spacial score (nSPS) is 10.6. The Balaban J connectivity index is 2.26. The fourth-order valence-corrected chi connectivity index (χ4v) is 1.83. The molecule has 106 valence electrons. The predicted molar refractivity (Wildman–Crippen MR) is 75.2 cm³/mol. The second-order valence-corrected chi connectivity index (χ2v) is 4.48. The number of rotatable bonds is 10. The van der Waals surface area contributed by atoms with E-state index in [0.717, 1.165) is 43.7 Å². The molecule has 4 nitrogen and oxygen atoms in total. The molecule has 0 aliphatic carbocycles. The quantitative estimate of drug-likeness (QED) is 0.637. The van der Waals surface area contributed by atoms with E-state index in [4.69, 9.17) is 9.84 Å². The highest BCUT2D eigenvalue weighted by Gasteiger charge is 2.05. The maximum atomic E-state index is 10.8. The van der Waals surface area contributed by atoms with Gasteiger partial charge in [0.2, 0.25) is 0 Å². The summed E-state index contributed by atoms with van der Waals surface area (Å²) in [6.45, 7) is 5.28. The highest BCUT2D eigenvalue weighted by atomic mass is 16.5. The average molecular weight is 265 g/mol. The van der Waals surface area contributed by atoms with E-state index in [1.807, 2.05) is 24.3 Å². The van der Waals surface area contributed by atoms with Crippen molar-refractivity contribution >= 4 is 5.97 Å². The topological polar surface area (TPSA) is 58.6 Å². The van der Waals surface area contributed by atoms with E-state index >= 15 is 0 Å². The zero-order chi connectivity index (χ0) is 13.9. The minimum absolute atomic E-state index is 0.0808. The van der Waals surface area contributed by atoms with Crippen molar-refractivity contribution in [2.45, 2.75) is 32.7 Å². The van der Waals surface area contributed by atoms with Crippen LogP contribution in [0.25, 0.3) is 0 Å². The third-order valence-electron chi connectivity index (χ3n) is 2.77. The molecular formula is C15H23NO3. The van der Waals surface area contributed by atoms with Gasteiger partial charge in [0.1, 0.15) is 0 Å². The summed E-state index contributed by atoms with van der Waals surface area (Å²) in [5, 5.41) is 12.2. The zero-order valence-electron chi connectivity index (χ0n) is 11.5. The van der Waals surface area contributed by atoms with Crippen LogP contribution in [0.4, 0.5) is 0 Å². The van der Waals surface area contributed by atoms with Crippen molar-refractivity contribution in [3.8, 4) is 0 Å². The Bertz CT molecular complexity index is 379. The van der Waals surface area contributed by atoms with Crippen molar-refractivity contribution < 1.29 is 14.6 Å². The molecule has 0 spiro atoms. The van der Waals surface area contributed by atoms with Gasteiger partial charge in [0.15, 0.2) is 0 Å². The highest BCUT2D eigenvalue weighted by molar-refractivity contribution is 5.70. The predicted octanol–water partition coefficient (Wildman–Crippen LogP) is 2.22. The first-order valence-electron chi connectivity index (χ1n) is 6.81. The van der Waals surface area contributed by atoms with Gasteiger partial charge in [-0.05, 0) is 30.5 Å². The van der Waals surface area contributed by atoms with Gasteiger partial charge < -0.3 is 15.2 Å². The molecule has 0 heterocycles. The molecule has 1 rings (SSSR count). The number of carboxylic acid groups (broad SMARTS) is 1. The number of benzene rings is 1. The van der Waals surface area contributed by atoms with Gasteiger partial charge in [-0.15, -0.1) is 0 Å². The molecule has 0 atom stereocenters. The second kappa shape index (κ2) is 9.53. The SMILES string of the molecule is CCCOCCCNCc1ccccc1CC(=O)O. The van der Waals surface area contributed by atoms with Gasteiger partial charge >= 0.3 is 5.97 Å². The maximum absolute atomic E-state index is 10.8. The molecule has 19 heavy (non-hydrogen) atoms. The summed E-state index contributed by atoms with van der Waals surface area (Å²) in [5.41, 5.74) is 1.93. The molecule has 0 radical (unpaired) electrons. The van der Waals surface area contributed by atoms with Crippen LogP contribution in [0.15, 0.2) is 24.3 Å². The van der Waals surface area contributed by atoms with E-state index < -0.39 is 5.97 Å². The lowest BCUT2D eigenvalue weighted by Gasteiger charge is -2.09. The van der Waals surface area contributed by atoms with Crippen molar-refractivity contribution in [3.05, 3.63) is 35.4 Å². The van der Waals surface area contributed by atoms with Crippen LogP contribution in [-0.4, -0.2) is 30.8 Å². The van der Waals surface area contributed by atoms with E-state index in [1.165, 1.54) is 0 Å². The van der Waals surface area contributed by atoms with E-state index in [9.17, 15) is 4.79 Å². The van der Waals surface area contributed by atoms with Gasteiger partial charge in [0.25, 0.3) is 0 Å². The van der Waals surface area contributed by atoms with Gasteiger partial charge in [-0.3, -0.25) is 4.79 Å². The summed E-state index contributed by atoms with van der Waals surface area (Å²) in [6.07, 6.45) is 2.11.